The summed E-state index contributed by atoms with van der Waals surface area (Å²) in [6.07, 6.45) is 5.33. The van der Waals surface area contributed by atoms with E-state index >= 15 is 0 Å². The van der Waals surface area contributed by atoms with Gasteiger partial charge in [0.2, 0.25) is 0 Å². The highest BCUT2D eigenvalue weighted by Gasteiger charge is 2.21. The van der Waals surface area contributed by atoms with Gasteiger partial charge in [-0.05, 0) is 31.0 Å². The van der Waals surface area contributed by atoms with Gasteiger partial charge < -0.3 is 18.8 Å². The summed E-state index contributed by atoms with van der Waals surface area (Å²) in [5.74, 6) is 8.77. The monoisotopic (exact) mass is 450 g/mol. The van der Waals surface area contributed by atoms with Gasteiger partial charge in [-0.1, -0.05) is 11.8 Å². The first kappa shape index (κ1) is 23.2. The van der Waals surface area contributed by atoms with Crippen LogP contribution >= 0.6 is 0 Å². The molecule has 0 spiro atoms. The number of hydrogen-bond donors (Lipinski definition) is 0. The van der Waals surface area contributed by atoms with E-state index in [-0.39, 0.29) is 30.1 Å². The van der Waals surface area contributed by atoms with Gasteiger partial charge >= 0.3 is 11.7 Å². The molecule has 0 radical (unpaired) electrons. The van der Waals surface area contributed by atoms with Crippen molar-refractivity contribution in [3.63, 3.8) is 0 Å². The summed E-state index contributed by atoms with van der Waals surface area (Å²) in [4.78, 5) is 42.3. The van der Waals surface area contributed by atoms with Crippen molar-refractivity contribution in [1.29, 1.82) is 0 Å². The molecule has 0 aliphatic heterocycles. The largest absolute Gasteiger partial charge is 0.493 e. The summed E-state index contributed by atoms with van der Waals surface area (Å²) in [6, 6.07) is 5.16. The molecule has 3 aromatic rings. The second kappa shape index (κ2) is 9.79. The minimum atomic E-state index is -0.754. The highest BCUT2D eigenvalue weighted by Crippen LogP contribution is 2.27. The van der Waals surface area contributed by atoms with Crippen LogP contribution in [0.5, 0.6) is 11.5 Å². The molecular weight excluding hydrogens is 428 g/mol. The maximum absolute atomic E-state index is 13.0. The number of terminal acetylenes is 1. The van der Waals surface area contributed by atoms with Gasteiger partial charge in [-0.25, -0.2) is 14.3 Å². The molecule has 0 atom stereocenters. The number of benzene rings is 1. The molecule has 1 aromatic carbocycles. The first-order chi connectivity index (χ1) is 15.9. The topological polar surface area (TPSA) is 107 Å². The van der Waals surface area contributed by atoms with E-state index in [0.717, 1.165) is 9.13 Å². The molecule has 3 rings (SSSR count). The van der Waals surface area contributed by atoms with E-state index in [0.29, 0.717) is 17.1 Å². The van der Waals surface area contributed by atoms with E-state index in [1.54, 1.807) is 32.2 Å². The van der Waals surface area contributed by atoms with Gasteiger partial charge in [0.1, 0.15) is 6.54 Å². The fourth-order valence-electron chi connectivity index (χ4n) is 3.23. The number of aryl methyl sites for hydroxylation is 1. The van der Waals surface area contributed by atoms with E-state index in [1.807, 2.05) is 0 Å². The van der Waals surface area contributed by atoms with E-state index in [1.165, 1.54) is 18.8 Å². The SMILES string of the molecule is C#CCn1c(=O)c2c(nc(C#Cc3ccc(OC)c(OC)c3)n2C)n(CC(=O)OCC)c1=O. The maximum atomic E-state index is 13.0. The molecule has 0 N–H and O–H groups in total. The van der Waals surface area contributed by atoms with Crippen molar-refractivity contribution in [1.82, 2.24) is 18.7 Å². The molecule has 0 aliphatic rings. The van der Waals surface area contributed by atoms with Gasteiger partial charge in [0.05, 0.1) is 27.4 Å². The van der Waals surface area contributed by atoms with Crippen LogP contribution < -0.4 is 20.7 Å². The predicted octanol–water partition coefficient (Wildman–Crippen LogP) is 0.510. The summed E-state index contributed by atoms with van der Waals surface area (Å²) in [7, 11) is 4.64. The zero-order valence-electron chi connectivity index (χ0n) is 18.7. The van der Waals surface area contributed by atoms with Crippen molar-refractivity contribution in [3.8, 4) is 35.7 Å². The predicted molar refractivity (Wildman–Crippen MR) is 120 cm³/mol. The Morgan fingerprint density at radius 1 is 1.12 bits per heavy atom. The number of ether oxygens (including phenoxy) is 3. The normalized spacial score (nSPS) is 10.3. The van der Waals surface area contributed by atoms with Crippen LogP contribution in [-0.4, -0.2) is 45.5 Å². The molecule has 33 heavy (non-hydrogen) atoms. The number of nitrogens with zero attached hydrogens (tertiary/aromatic N) is 4. The average Bonchev–Trinajstić information content (AvgIpc) is 3.14. The highest BCUT2D eigenvalue weighted by atomic mass is 16.5. The number of imidazole rings is 1. The number of methoxy groups -OCH3 is 2. The Kier molecular flexibility index (Phi) is 6.89. The van der Waals surface area contributed by atoms with Crippen molar-refractivity contribution in [2.75, 3.05) is 20.8 Å². The van der Waals surface area contributed by atoms with E-state index in [9.17, 15) is 14.4 Å². The standard InChI is InChI=1S/C23H22N4O6/c1-6-12-26-22(29)20-21(27(23(26)30)14-19(28)33-7-2)24-18(25(20)3)11-9-15-8-10-16(31-4)17(13-15)32-5/h1,8,10,13H,7,12,14H2,2-5H3. The Balaban J connectivity index is 2.20. The number of aromatic nitrogens is 4. The number of fused-ring (bicyclic) bond motifs is 1. The Bertz CT molecular complexity index is 1440. The minimum Gasteiger partial charge on any atom is -0.493 e. The molecule has 0 aliphatic carbocycles. The smallest absolute Gasteiger partial charge is 0.334 e. The third kappa shape index (κ3) is 4.46. The fraction of sp³-hybridized carbons (Fsp3) is 0.304. The maximum Gasteiger partial charge on any atom is 0.334 e. The molecule has 2 heterocycles. The second-order valence-electron chi connectivity index (χ2n) is 6.76. The molecule has 0 bridgehead atoms. The summed E-state index contributed by atoms with van der Waals surface area (Å²) in [5, 5.41) is 0. The molecular formula is C23H22N4O6. The van der Waals surface area contributed by atoms with Crippen molar-refractivity contribution >= 4 is 17.1 Å². The van der Waals surface area contributed by atoms with Crippen LogP contribution in [-0.2, 0) is 29.7 Å². The second-order valence-corrected chi connectivity index (χ2v) is 6.76. The Morgan fingerprint density at radius 2 is 1.85 bits per heavy atom. The third-order valence-corrected chi connectivity index (χ3v) is 4.79. The molecule has 0 unspecified atom stereocenters. The van der Waals surface area contributed by atoms with E-state index in [2.05, 4.69) is 22.7 Å². The molecule has 0 amide bonds. The Hall–Kier alpha value is -4.44. The molecule has 10 nitrogen and oxygen atoms in total. The zero-order chi connectivity index (χ0) is 24.1. The van der Waals surface area contributed by atoms with Crippen molar-refractivity contribution < 1.29 is 19.0 Å². The number of esters is 1. The van der Waals surface area contributed by atoms with Crippen LogP contribution in [0, 0.1) is 24.2 Å². The van der Waals surface area contributed by atoms with E-state index in [4.69, 9.17) is 20.6 Å². The van der Waals surface area contributed by atoms with Gasteiger partial charge in [-0.3, -0.25) is 14.2 Å². The third-order valence-electron chi connectivity index (χ3n) is 4.79. The molecule has 0 fully saturated rings. The number of hydrogen-bond acceptors (Lipinski definition) is 7. The first-order valence-electron chi connectivity index (χ1n) is 9.89. The summed E-state index contributed by atoms with van der Waals surface area (Å²) < 4.78 is 18.8. The minimum absolute atomic E-state index is 0.0189. The van der Waals surface area contributed by atoms with Crippen LogP contribution in [0.1, 0.15) is 18.3 Å². The summed E-state index contributed by atoms with van der Waals surface area (Å²) in [5.41, 5.74) is -0.650. The van der Waals surface area contributed by atoms with Crippen LogP contribution in [0.4, 0.5) is 0 Å². The number of rotatable bonds is 6. The van der Waals surface area contributed by atoms with Crippen molar-refractivity contribution in [2.45, 2.75) is 20.0 Å². The lowest BCUT2D eigenvalue weighted by atomic mass is 10.2. The van der Waals surface area contributed by atoms with Gasteiger partial charge in [0.15, 0.2) is 28.5 Å². The van der Waals surface area contributed by atoms with Gasteiger partial charge in [0, 0.05) is 12.6 Å². The van der Waals surface area contributed by atoms with E-state index < -0.39 is 23.8 Å². The lowest BCUT2D eigenvalue weighted by molar-refractivity contribution is -0.143. The quantitative estimate of drug-likeness (QED) is 0.398. The summed E-state index contributed by atoms with van der Waals surface area (Å²) in [6.45, 7) is 1.12. The zero-order valence-corrected chi connectivity index (χ0v) is 18.7. The summed E-state index contributed by atoms with van der Waals surface area (Å²) >= 11 is 0. The molecule has 0 saturated heterocycles. The molecule has 170 valence electrons. The lowest BCUT2D eigenvalue weighted by Gasteiger charge is -2.09. The van der Waals surface area contributed by atoms with Crippen molar-refractivity contribution in [3.05, 3.63) is 50.4 Å². The lowest BCUT2D eigenvalue weighted by Crippen LogP contribution is -2.41. The average molecular weight is 450 g/mol. The van der Waals surface area contributed by atoms with Crippen LogP contribution in [0.2, 0.25) is 0 Å². The fourth-order valence-corrected chi connectivity index (χ4v) is 3.23. The number of carbonyl (C=O) groups is 1. The molecule has 0 saturated carbocycles. The highest BCUT2D eigenvalue weighted by molar-refractivity contribution is 5.76. The number of carbonyl (C=O) groups excluding carboxylic acids is 1. The first-order valence-corrected chi connectivity index (χ1v) is 9.89. The van der Waals surface area contributed by atoms with Crippen LogP contribution in [0.3, 0.4) is 0 Å². The van der Waals surface area contributed by atoms with Crippen LogP contribution in [0.15, 0.2) is 27.8 Å². The van der Waals surface area contributed by atoms with Gasteiger partial charge in [0.25, 0.3) is 5.56 Å². The molecule has 2 aromatic heterocycles. The van der Waals surface area contributed by atoms with Crippen molar-refractivity contribution in [2.24, 2.45) is 7.05 Å². The molecule has 10 heteroatoms. The van der Waals surface area contributed by atoms with Crippen LogP contribution in [0.25, 0.3) is 11.2 Å². The Morgan fingerprint density at radius 3 is 2.48 bits per heavy atom. The van der Waals surface area contributed by atoms with Gasteiger partial charge in [-0.15, -0.1) is 6.42 Å². The Labute approximate surface area is 189 Å². The van der Waals surface area contributed by atoms with Gasteiger partial charge in [-0.2, -0.15) is 0 Å².